The Hall–Kier alpha value is -1.40. The number of carbonyl (C=O) groups excluding carboxylic acids is 1. The predicted octanol–water partition coefficient (Wildman–Crippen LogP) is 3.36. The van der Waals surface area contributed by atoms with E-state index in [4.69, 9.17) is 0 Å². The number of piperidine rings is 1. The summed E-state index contributed by atoms with van der Waals surface area (Å²) in [6.07, 6.45) is 2.73. The van der Waals surface area contributed by atoms with E-state index in [-0.39, 0.29) is 11.7 Å². The zero-order valence-electron chi connectivity index (χ0n) is 16.3. The molecule has 1 aromatic rings. The summed E-state index contributed by atoms with van der Waals surface area (Å²) in [5, 5.41) is 6.28. The summed E-state index contributed by atoms with van der Waals surface area (Å²) in [6, 6.07) is 7.15. The van der Waals surface area contributed by atoms with Gasteiger partial charge in [0.15, 0.2) is 9.84 Å². The molecule has 0 aromatic heterocycles. The molecule has 1 fully saturated rings. The standard InChI is InChI=1S/C20H32N2O3S/c1-15(17-8-10-21-11-9-17)12-19(23)22-18-7-5-6-16(13-18)14-26(24,25)20(2,3)4/h5-7,13,15,17,21H,8-12,14H2,1-4H3,(H,22,23). The van der Waals surface area contributed by atoms with Crippen LogP contribution < -0.4 is 10.6 Å². The van der Waals surface area contributed by atoms with Crippen LogP contribution in [0.5, 0.6) is 0 Å². The van der Waals surface area contributed by atoms with Gasteiger partial charge in [-0.15, -0.1) is 0 Å². The molecule has 146 valence electrons. The topological polar surface area (TPSA) is 75.3 Å². The van der Waals surface area contributed by atoms with E-state index in [0.717, 1.165) is 25.9 Å². The van der Waals surface area contributed by atoms with E-state index in [0.29, 0.717) is 29.5 Å². The van der Waals surface area contributed by atoms with Crippen molar-refractivity contribution in [3.63, 3.8) is 0 Å². The van der Waals surface area contributed by atoms with Crippen LogP contribution in [0.4, 0.5) is 5.69 Å². The zero-order valence-corrected chi connectivity index (χ0v) is 17.2. The Kier molecular flexibility index (Phi) is 6.86. The van der Waals surface area contributed by atoms with E-state index in [2.05, 4.69) is 17.6 Å². The first kappa shape index (κ1) is 20.9. The second-order valence-corrected chi connectivity index (χ2v) is 11.1. The van der Waals surface area contributed by atoms with Gasteiger partial charge in [-0.05, 0) is 76.2 Å². The number of nitrogens with one attached hydrogen (secondary N) is 2. The Morgan fingerprint density at radius 3 is 2.54 bits per heavy atom. The lowest BCUT2D eigenvalue weighted by Gasteiger charge is -2.27. The Bertz CT molecular complexity index is 717. The highest BCUT2D eigenvalue weighted by molar-refractivity contribution is 7.91. The third-order valence-electron chi connectivity index (χ3n) is 5.20. The molecule has 26 heavy (non-hydrogen) atoms. The highest BCUT2D eigenvalue weighted by atomic mass is 32.2. The van der Waals surface area contributed by atoms with Crippen molar-refractivity contribution in [2.24, 2.45) is 11.8 Å². The second kappa shape index (κ2) is 8.53. The largest absolute Gasteiger partial charge is 0.326 e. The Balaban J connectivity index is 1.96. The van der Waals surface area contributed by atoms with Gasteiger partial charge in [-0.1, -0.05) is 19.1 Å². The van der Waals surface area contributed by atoms with Crippen molar-refractivity contribution in [1.29, 1.82) is 0 Å². The van der Waals surface area contributed by atoms with Crippen LogP contribution in [-0.4, -0.2) is 32.2 Å². The smallest absolute Gasteiger partial charge is 0.224 e. The molecule has 1 amide bonds. The molecule has 1 unspecified atom stereocenters. The van der Waals surface area contributed by atoms with Gasteiger partial charge in [-0.25, -0.2) is 8.42 Å². The number of anilines is 1. The van der Waals surface area contributed by atoms with Crippen LogP contribution in [0.15, 0.2) is 24.3 Å². The van der Waals surface area contributed by atoms with E-state index in [1.807, 2.05) is 0 Å². The first-order valence-corrected chi connectivity index (χ1v) is 11.1. The Morgan fingerprint density at radius 2 is 1.92 bits per heavy atom. The maximum absolute atomic E-state index is 12.4. The molecule has 1 aliphatic heterocycles. The van der Waals surface area contributed by atoms with Crippen LogP contribution in [0.1, 0.15) is 52.5 Å². The first-order valence-electron chi connectivity index (χ1n) is 9.40. The van der Waals surface area contributed by atoms with Crippen LogP contribution >= 0.6 is 0 Å². The van der Waals surface area contributed by atoms with Crippen molar-refractivity contribution in [2.75, 3.05) is 18.4 Å². The van der Waals surface area contributed by atoms with Crippen LogP contribution in [0, 0.1) is 11.8 Å². The van der Waals surface area contributed by atoms with Gasteiger partial charge in [0.05, 0.1) is 10.5 Å². The van der Waals surface area contributed by atoms with Gasteiger partial charge in [0, 0.05) is 12.1 Å². The van der Waals surface area contributed by atoms with Crippen LogP contribution in [0.2, 0.25) is 0 Å². The predicted molar refractivity (Wildman–Crippen MR) is 107 cm³/mol. The molecule has 1 saturated heterocycles. The molecular weight excluding hydrogens is 348 g/mol. The number of sulfone groups is 1. The average molecular weight is 381 g/mol. The van der Waals surface area contributed by atoms with Gasteiger partial charge < -0.3 is 10.6 Å². The number of amides is 1. The summed E-state index contributed by atoms with van der Waals surface area (Å²) in [4.78, 5) is 12.4. The molecule has 0 radical (unpaired) electrons. The third kappa shape index (κ3) is 5.81. The highest BCUT2D eigenvalue weighted by Crippen LogP contribution is 2.25. The normalized spacial score (nSPS) is 17.7. The number of rotatable bonds is 6. The van der Waals surface area contributed by atoms with E-state index in [1.54, 1.807) is 45.0 Å². The minimum absolute atomic E-state index is 0.00754. The molecule has 1 atom stereocenters. The van der Waals surface area contributed by atoms with Crippen molar-refractivity contribution in [3.8, 4) is 0 Å². The van der Waals surface area contributed by atoms with Crippen LogP contribution in [-0.2, 0) is 20.4 Å². The fraction of sp³-hybridized carbons (Fsp3) is 0.650. The molecular formula is C20H32N2O3S. The fourth-order valence-electron chi connectivity index (χ4n) is 3.26. The van der Waals surface area contributed by atoms with Gasteiger partial charge >= 0.3 is 0 Å². The molecule has 0 saturated carbocycles. The summed E-state index contributed by atoms with van der Waals surface area (Å²) < 4.78 is 24.0. The lowest BCUT2D eigenvalue weighted by atomic mass is 9.84. The summed E-state index contributed by atoms with van der Waals surface area (Å²) in [5.74, 6) is 0.907. The van der Waals surface area contributed by atoms with E-state index in [9.17, 15) is 13.2 Å². The molecule has 6 heteroatoms. The van der Waals surface area contributed by atoms with Crippen molar-refractivity contribution in [1.82, 2.24) is 5.32 Å². The lowest BCUT2D eigenvalue weighted by molar-refractivity contribution is -0.117. The van der Waals surface area contributed by atoms with Crippen molar-refractivity contribution < 1.29 is 13.2 Å². The fourth-order valence-corrected chi connectivity index (χ4v) is 4.31. The number of hydrogen-bond donors (Lipinski definition) is 2. The minimum Gasteiger partial charge on any atom is -0.326 e. The molecule has 2 rings (SSSR count). The Morgan fingerprint density at radius 1 is 1.27 bits per heavy atom. The van der Waals surface area contributed by atoms with Gasteiger partial charge in [-0.2, -0.15) is 0 Å². The average Bonchev–Trinajstić information content (AvgIpc) is 2.54. The summed E-state index contributed by atoms with van der Waals surface area (Å²) in [6.45, 7) is 9.31. The molecule has 0 bridgehead atoms. The monoisotopic (exact) mass is 380 g/mol. The van der Waals surface area contributed by atoms with Crippen LogP contribution in [0.25, 0.3) is 0 Å². The highest BCUT2D eigenvalue weighted by Gasteiger charge is 2.29. The SMILES string of the molecule is CC(CC(=O)Nc1cccc(CS(=O)(=O)C(C)(C)C)c1)C1CCNCC1. The number of hydrogen-bond acceptors (Lipinski definition) is 4. The summed E-state index contributed by atoms with van der Waals surface area (Å²) in [5.41, 5.74) is 1.36. The number of benzene rings is 1. The Labute approximate surface area is 157 Å². The molecule has 5 nitrogen and oxygen atoms in total. The van der Waals surface area contributed by atoms with Crippen molar-refractivity contribution in [3.05, 3.63) is 29.8 Å². The molecule has 0 aliphatic carbocycles. The van der Waals surface area contributed by atoms with Gasteiger partial charge in [-0.3, -0.25) is 4.79 Å². The number of carbonyl (C=O) groups is 1. The van der Waals surface area contributed by atoms with Crippen molar-refractivity contribution in [2.45, 2.75) is 57.5 Å². The van der Waals surface area contributed by atoms with E-state index < -0.39 is 14.6 Å². The van der Waals surface area contributed by atoms with Gasteiger partial charge in [0.25, 0.3) is 0 Å². The van der Waals surface area contributed by atoms with Crippen LogP contribution in [0.3, 0.4) is 0 Å². The van der Waals surface area contributed by atoms with Gasteiger partial charge in [0.2, 0.25) is 5.91 Å². The third-order valence-corrected chi connectivity index (χ3v) is 7.78. The van der Waals surface area contributed by atoms with E-state index in [1.165, 1.54) is 0 Å². The summed E-state index contributed by atoms with van der Waals surface area (Å²) in [7, 11) is -3.25. The lowest BCUT2D eigenvalue weighted by Crippen LogP contribution is -2.32. The molecule has 1 aliphatic rings. The maximum atomic E-state index is 12.4. The maximum Gasteiger partial charge on any atom is 0.224 e. The molecule has 2 N–H and O–H groups in total. The van der Waals surface area contributed by atoms with Gasteiger partial charge in [0.1, 0.15) is 0 Å². The molecule has 1 aromatic carbocycles. The summed E-state index contributed by atoms with van der Waals surface area (Å²) >= 11 is 0. The minimum atomic E-state index is -3.25. The molecule has 0 spiro atoms. The second-order valence-electron chi connectivity index (χ2n) is 8.39. The van der Waals surface area contributed by atoms with Crippen molar-refractivity contribution >= 4 is 21.4 Å². The first-order chi connectivity index (χ1) is 12.1. The quantitative estimate of drug-likeness (QED) is 0.793. The van der Waals surface area contributed by atoms with E-state index >= 15 is 0 Å². The zero-order chi connectivity index (χ0) is 19.4. The molecule has 1 heterocycles.